The lowest BCUT2D eigenvalue weighted by Crippen LogP contribution is -2.17. The van der Waals surface area contributed by atoms with E-state index in [1.54, 1.807) is 6.92 Å². The molecule has 0 rings (SSSR count). The maximum absolute atomic E-state index is 10.7. The van der Waals surface area contributed by atoms with Crippen molar-refractivity contribution >= 4 is 5.97 Å². The van der Waals surface area contributed by atoms with E-state index in [1.807, 2.05) is 0 Å². The maximum Gasteiger partial charge on any atom is 0.306 e. The zero-order valence-electron chi connectivity index (χ0n) is 8.07. The second-order valence-electron chi connectivity index (χ2n) is 3.39. The number of carboxylic acid groups (broad SMARTS) is 1. The third-order valence-corrected chi connectivity index (χ3v) is 2.04. The van der Waals surface area contributed by atoms with Gasteiger partial charge >= 0.3 is 5.97 Å². The van der Waals surface area contributed by atoms with Gasteiger partial charge in [-0.1, -0.05) is 0 Å². The molecule has 0 amide bonds. The van der Waals surface area contributed by atoms with E-state index >= 15 is 0 Å². The molecule has 78 valence electrons. The fourth-order valence-corrected chi connectivity index (χ4v) is 1.20. The molecule has 0 fully saturated rings. The molecule has 2 atom stereocenters. The second kappa shape index (κ2) is 6.86. The standard InChI is InChI=1S/C9H19NO3/c1-7(11)4-5-8(9(12)13)3-2-6-10/h7-8,11H,2-6,10H2,1H3,(H,12,13). The Balaban J connectivity index is 3.74. The van der Waals surface area contributed by atoms with E-state index in [9.17, 15) is 4.79 Å². The van der Waals surface area contributed by atoms with Crippen LogP contribution in [-0.2, 0) is 4.79 Å². The van der Waals surface area contributed by atoms with E-state index in [2.05, 4.69) is 0 Å². The van der Waals surface area contributed by atoms with Gasteiger partial charge in [0.25, 0.3) is 0 Å². The summed E-state index contributed by atoms with van der Waals surface area (Å²) in [6, 6.07) is 0. The summed E-state index contributed by atoms with van der Waals surface area (Å²) in [4.78, 5) is 10.7. The summed E-state index contributed by atoms with van der Waals surface area (Å²) in [5.74, 6) is -1.13. The number of carboxylic acids is 1. The van der Waals surface area contributed by atoms with Crippen LogP contribution in [-0.4, -0.2) is 28.8 Å². The summed E-state index contributed by atoms with van der Waals surface area (Å²) in [5, 5.41) is 17.8. The highest BCUT2D eigenvalue weighted by Crippen LogP contribution is 2.14. The van der Waals surface area contributed by atoms with E-state index in [4.69, 9.17) is 15.9 Å². The van der Waals surface area contributed by atoms with Gasteiger partial charge in [0.15, 0.2) is 0 Å². The van der Waals surface area contributed by atoms with E-state index in [-0.39, 0.29) is 5.92 Å². The number of aliphatic hydroxyl groups is 1. The van der Waals surface area contributed by atoms with E-state index in [0.717, 1.165) is 6.42 Å². The largest absolute Gasteiger partial charge is 0.481 e. The maximum atomic E-state index is 10.7. The van der Waals surface area contributed by atoms with Crippen LogP contribution < -0.4 is 5.73 Å². The fourth-order valence-electron chi connectivity index (χ4n) is 1.20. The minimum absolute atomic E-state index is 0.349. The van der Waals surface area contributed by atoms with Crippen molar-refractivity contribution in [3.63, 3.8) is 0 Å². The molecule has 4 heteroatoms. The fraction of sp³-hybridized carbons (Fsp3) is 0.889. The molecule has 4 nitrogen and oxygen atoms in total. The van der Waals surface area contributed by atoms with Crippen molar-refractivity contribution in [2.75, 3.05) is 6.54 Å². The molecule has 0 aromatic carbocycles. The van der Waals surface area contributed by atoms with Crippen molar-refractivity contribution in [2.24, 2.45) is 11.7 Å². The average molecular weight is 189 g/mol. The van der Waals surface area contributed by atoms with Crippen LogP contribution in [0, 0.1) is 5.92 Å². The predicted molar refractivity (Wildman–Crippen MR) is 50.3 cm³/mol. The van der Waals surface area contributed by atoms with Crippen LogP contribution in [0.15, 0.2) is 0 Å². The van der Waals surface area contributed by atoms with Crippen LogP contribution in [0.1, 0.15) is 32.6 Å². The predicted octanol–water partition coefficient (Wildman–Crippen LogP) is 0.587. The van der Waals surface area contributed by atoms with Gasteiger partial charge in [-0.3, -0.25) is 4.79 Å². The Hall–Kier alpha value is -0.610. The van der Waals surface area contributed by atoms with E-state index < -0.39 is 12.1 Å². The summed E-state index contributed by atoms with van der Waals surface area (Å²) in [5.41, 5.74) is 5.29. The minimum Gasteiger partial charge on any atom is -0.481 e. The molecule has 0 spiro atoms. The van der Waals surface area contributed by atoms with Crippen molar-refractivity contribution in [1.82, 2.24) is 0 Å². The Bertz CT molecular complexity index is 148. The van der Waals surface area contributed by atoms with Gasteiger partial charge in [-0.2, -0.15) is 0 Å². The van der Waals surface area contributed by atoms with Crippen molar-refractivity contribution in [3.05, 3.63) is 0 Å². The van der Waals surface area contributed by atoms with Gasteiger partial charge in [0, 0.05) is 0 Å². The highest BCUT2D eigenvalue weighted by molar-refractivity contribution is 5.69. The molecule has 2 unspecified atom stereocenters. The van der Waals surface area contributed by atoms with Gasteiger partial charge in [-0.05, 0) is 39.2 Å². The quantitative estimate of drug-likeness (QED) is 0.547. The molecule has 0 aliphatic carbocycles. The third-order valence-electron chi connectivity index (χ3n) is 2.04. The smallest absolute Gasteiger partial charge is 0.306 e. The van der Waals surface area contributed by atoms with Gasteiger partial charge in [0.1, 0.15) is 0 Å². The lowest BCUT2D eigenvalue weighted by atomic mass is 9.96. The minimum atomic E-state index is -0.783. The molecule has 0 aliphatic heterocycles. The zero-order valence-corrected chi connectivity index (χ0v) is 8.07. The highest BCUT2D eigenvalue weighted by Gasteiger charge is 2.16. The van der Waals surface area contributed by atoms with Gasteiger partial charge in [0.2, 0.25) is 0 Å². The molecule has 0 heterocycles. The van der Waals surface area contributed by atoms with Crippen LogP contribution in [0.25, 0.3) is 0 Å². The van der Waals surface area contributed by atoms with Gasteiger partial charge in [0.05, 0.1) is 12.0 Å². The van der Waals surface area contributed by atoms with Crippen LogP contribution in [0.2, 0.25) is 0 Å². The number of hydrogen-bond donors (Lipinski definition) is 3. The first-order valence-electron chi connectivity index (χ1n) is 4.68. The van der Waals surface area contributed by atoms with E-state index in [1.165, 1.54) is 0 Å². The van der Waals surface area contributed by atoms with E-state index in [0.29, 0.717) is 25.8 Å². The number of nitrogens with two attached hydrogens (primary N) is 1. The Morgan fingerprint density at radius 2 is 2.00 bits per heavy atom. The molecule has 0 aromatic heterocycles. The highest BCUT2D eigenvalue weighted by atomic mass is 16.4. The number of hydrogen-bond acceptors (Lipinski definition) is 3. The summed E-state index contributed by atoms with van der Waals surface area (Å²) in [6.07, 6.45) is 2.00. The molecule has 0 bridgehead atoms. The van der Waals surface area contributed by atoms with Crippen molar-refractivity contribution in [3.8, 4) is 0 Å². The zero-order chi connectivity index (χ0) is 10.3. The molecule has 0 saturated heterocycles. The molecule has 4 N–H and O–H groups in total. The normalized spacial score (nSPS) is 15.3. The van der Waals surface area contributed by atoms with Crippen LogP contribution in [0.5, 0.6) is 0 Å². The number of carbonyl (C=O) groups is 1. The molecule has 13 heavy (non-hydrogen) atoms. The summed E-state index contributed by atoms with van der Waals surface area (Å²) in [6.45, 7) is 2.19. The van der Waals surface area contributed by atoms with Crippen molar-refractivity contribution in [2.45, 2.75) is 38.7 Å². The first kappa shape index (κ1) is 12.4. The van der Waals surface area contributed by atoms with Gasteiger partial charge in [-0.15, -0.1) is 0 Å². The van der Waals surface area contributed by atoms with Gasteiger partial charge in [-0.25, -0.2) is 0 Å². The molecule has 0 aliphatic rings. The van der Waals surface area contributed by atoms with Crippen LogP contribution >= 0.6 is 0 Å². The monoisotopic (exact) mass is 189 g/mol. The Morgan fingerprint density at radius 3 is 2.38 bits per heavy atom. The molecular formula is C9H19NO3. The Morgan fingerprint density at radius 1 is 1.38 bits per heavy atom. The molecule has 0 aromatic rings. The van der Waals surface area contributed by atoms with Crippen molar-refractivity contribution in [1.29, 1.82) is 0 Å². The summed E-state index contributed by atoms with van der Waals surface area (Å²) in [7, 11) is 0. The first-order valence-corrected chi connectivity index (χ1v) is 4.68. The summed E-state index contributed by atoms with van der Waals surface area (Å²) >= 11 is 0. The molecule has 0 radical (unpaired) electrons. The molecule has 0 saturated carbocycles. The Labute approximate surface area is 78.7 Å². The number of aliphatic hydroxyl groups excluding tert-OH is 1. The summed E-state index contributed by atoms with van der Waals surface area (Å²) < 4.78 is 0. The SMILES string of the molecule is CC(O)CCC(CCCN)C(=O)O. The van der Waals surface area contributed by atoms with Crippen LogP contribution in [0.3, 0.4) is 0 Å². The topological polar surface area (TPSA) is 83.5 Å². The molecular weight excluding hydrogens is 170 g/mol. The van der Waals surface area contributed by atoms with Crippen molar-refractivity contribution < 1.29 is 15.0 Å². The first-order chi connectivity index (χ1) is 6.07. The van der Waals surface area contributed by atoms with Crippen LogP contribution in [0.4, 0.5) is 0 Å². The van der Waals surface area contributed by atoms with Gasteiger partial charge < -0.3 is 15.9 Å². The lowest BCUT2D eigenvalue weighted by molar-refractivity contribution is -0.142. The number of aliphatic carboxylic acids is 1. The Kier molecular flexibility index (Phi) is 6.54. The lowest BCUT2D eigenvalue weighted by Gasteiger charge is -2.12. The number of rotatable bonds is 7. The third kappa shape index (κ3) is 6.54. The second-order valence-corrected chi connectivity index (χ2v) is 3.39. The average Bonchev–Trinajstić information content (AvgIpc) is 2.03.